The van der Waals surface area contributed by atoms with E-state index in [1.165, 1.54) is 76.0 Å². The van der Waals surface area contributed by atoms with Gasteiger partial charge in [-0.3, -0.25) is 0 Å². The SMILES string of the molecule is CCCCCCCCCCCCCBr.CN(C)C. The first-order valence-corrected chi connectivity index (χ1v) is 8.94. The molecule has 0 amide bonds. The number of nitrogens with zero attached hydrogens (tertiary/aromatic N) is 1. The predicted molar refractivity (Wildman–Crippen MR) is 89.9 cm³/mol. The maximum atomic E-state index is 3.47. The quantitative estimate of drug-likeness (QED) is 0.340. The Balaban J connectivity index is 0. The Kier molecular flexibility index (Phi) is 22.8. The molecule has 0 aliphatic rings. The smallest absolute Gasteiger partial charge is 0.00313 e. The summed E-state index contributed by atoms with van der Waals surface area (Å²) in [6, 6.07) is 0. The number of halogens is 1. The Bertz CT molecular complexity index is 112. The third-order valence-electron chi connectivity index (χ3n) is 2.74. The summed E-state index contributed by atoms with van der Waals surface area (Å²) >= 11 is 3.47. The fourth-order valence-corrected chi connectivity index (χ4v) is 2.16. The van der Waals surface area contributed by atoms with E-state index in [2.05, 4.69) is 22.9 Å². The normalized spacial score (nSPS) is 10.3. The van der Waals surface area contributed by atoms with Crippen LogP contribution < -0.4 is 0 Å². The highest BCUT2D eigenvalue weighted by Crippen LogP contribution is 2.11. The molecule has 0 heterocycles. The van der Waals surface area contributed by atoms with Gasteiger partial charge in [0.15, 0.2) is 0 Å². The van der Waals surface area contributed by atoms with Crippen LogP contribution in [0.1, 0.15) is 77.6 Å². The van der Waals surface area contributed by atoms with Gasteiger partial charge in [0, 0.05) is 5.33 Å². The molecular weight excluding hydrogens is 286 g/mol. The lowest BCUT2D eigenvalue weighted by Gasteiger charge is -2.01. The molecule has 0 aliphatic carbocycles. The van der Waals surface area contributed by atoms with Crippen LogP contribution >= 0.6 is 15.9 Å². The molecule has 0 unspecified atom stereocenters. The van der Waals surface area contributed by atoms with E-state index in [1.54, 1.807) is 0 Å². The van der Waals surface area contributed by atoms with Crippen molar-refractivity contribution in [3.8, 4) is 0 Å². The molecule has 0 atom stereocenters. The number of alkyl halides is 1. The summed E-state index contributed by atoms with van der Waals surface area (Å²) in [5.74, 6) is 0. The Hall–Kier alpha value is 0.440. The van der Waals surface area contributed by atoms with Gasteiger partial charge in [-0.25, -0.2) is 0 Å². The zero-order chi connectivity index (χ0) is 14.1. The number of rotatable bonds is 11. The highest BCUT2D eigenvalue weighted by atomic mass is 79.9. The molecule has 0 rings (SSSR count). The Morgan fingerprint density at radius 2 is 0.889 bits per heavy atom. The van der Waals surface area contributed by atoms with Crippen LogP contribution in [-0.4, -0.2) is 31.4 Å². The highest BCUT2D eigenvalue weighted by molar-refractivity contribution is 9.09. The second-order valence-electron chi connectivity index (χ2n) is 5.57. The zero-order valence-corrected chi connectivity index (χ0v) is 14.9. The minimum Gasteiger partial charge on any atom is -0.312 e. The number of unbranched alkanes of at least 4 members (excludes halogenated alkanes) is 10. The summed E-state index contributed by atoms with van der Waals surface area (Å²) in [6.45, 7) is 2.28. The first-order chi connectivity index (χ1) is 8.65. The monoisotopic (exact) mass is 321 g/mol. The molecule has 2 heteroatoms. The van der Waals surface area contributed by atoms with Crippen LogP contribution in [-0.2, 0) is 0 Å². The van der Waals surface area contributed by atoms with Crippen molar-refractivity contribution in [1.82, 2.24) is 4.90 Å². The fraction of sp³-hybridized carbons (Fsp3) is 1.00. The van der Waals surface area contributed by atoms with Crippen molar-refractivity contribution in [2.24, 2.45) is 0 Å². The van der Waals surface area contributed by atoms with Gasteiger partial charge in [0.25, 0.3) is 0 Å². The molecule has 1 nitrogen and oxygen atoms in total. The first kappa shape index (κ1) is 20.8. The molecule has 0 bridgehead atoms. The molecule has 18 heavy (non-hydrogen) atoms. The van der Waals surface area contributed by atoms with Crippen LogP contribution in [0.25, 0.3) is 0 Å². The molecule has 0 saturated carbocycles. The second-order valence-corrected chi connectivity index (χ2v) is 6.36. The van der Waals surface area contributed by atoms with Gasteiger partial charge < -0.3 is 4.90 Å². The maximum absolute atomic E-state index is 3.47. The maximum Gasteiger partial charge on any atom is 0.00313 e. The van der Waals surface area contributed by atoms with Crippen molar-refractivity contribution in [3.63, 3.8) is 0 Å². The summed E-state index contributed by atoms with van der Waals surface area (Å²) in [7, 11) is 6.00. The van der Waals surface area contributed by atoms with E-state index in [-0.39, 0.29) is 0 Å². The standard InChI is InChI=1S/C13H27Br.C3H9N/c1-2-3-4-5-6-7-8-9-10-11-12-13-14;1-4(2)3/h2-13H2,1H3;1-3H3. The molecular formula is C16H36BrN. The van der Waals surface area contributed by atoms with Crippen LogP contribution in [0.2, 0.25) is 0 Å². The van der Waals surface area contributed by atoms with E-state index in [0.29, 0.717) is 0 Å². The van der Waals surface area contributed by atoms with E-state index in [9.17, 15) is 0 Å². The topological polar surface area (TPSA) is 3.24 Å². The van der Waals surface area contributed by atoms with Crippen molar-refractivity contribution in [2.75, 3.05) is 26.5 Å². The number of hydrogen-bond donors (Lipinski definition) is 0. The van der Waals surface area contributed by atoms with Crippen molar-refractivity contribution in [2.45, 2.75) is 77.6 Å². The third kappa shape index (κ3) is 29.9. The predicted octanol–water partition coefficient (Wildman–Crippen LogP) is 5.87. The molecule has 0 aromatic carbocycles. The molecule has 0 aromatic rings. The molecule has 0 saturated heterocycles. The largest absolute Gasteiger partial charge is 0.312 e. The van der Waals surface area contributed by atoms with Crippen LogP contribution in [0.4, 0.5) is 0 Å². The lowest BCUT2D eigenvalue weighted by Crippen LogP contribution is -1.99. The van der Waals surface area contributed by atoms with Gasteiger partial charge >= 0.3 is 0 Å². The van der Waals surface area contributed by atoms with Gasteiger partial charge in [-0.15, -0.1) is 0 Å². The van der Waals surface area contributed by atoms with Gasteiger partial charge in [0.1, 0.15) is 0 Å². The van der Waals surface area contributed by atoms with E-state index in [1.807, 2.05) is 26.0 Å². The lowest BCUT2D eigenvalue weighted by molar-refractivity contribution is 0.505. The zero-order valence-electron chi connectivity index (χ0n) is 13.3. The molecule has 112 valence electrons. The van der Waals surface area contributed by atoms with E-state index in [4.69, 9.17) is 0 Å². The van der Waals surface area contributed by atoms with E-state index < -0.39 is 0 Å². The summed E-state index contributed by atoms with van der Waals surface area (Å²) in [5.41, 5.74) is 0. The van der Waals surface area contributed by atoms with E-state index >= 15 is 0 Å². The van der Waals surface area contributed by atoms with Gasteiger partial charge in [-0.05, 0) is 27.6 Å². The molecule has 0 N–H and O–H groups in total. The van der Waals surface area contributed by atoms with Crippen molar-refractivity contribution < 1.29 is 0 Å². The van der Waals surface area contributed by atoms with Gasteiger partial charge in [-0.2, -0.15) is 0 Å². The summed E-state index contributed by atoms with van der Waals surface area (Å²) in [5, 5.41) is 1.18. The average molecular weight is 322 g/mol. The summed E-state index contributed by atoms with van der Waals surface area (Å²) in [6.07, 6.45) is 15.8. The molecule has 0 radical (unpaired) electrons. The van der Waals surface area contributed by atoms with Crippen LogP contribution in [0.3, 0.4) is 0 Å². The Morgan fingerprint density at radius 3 is 1.17 bits per heavy atom. The van der Waals surface area contributed by atoms with Crippen LogP contribution in [0.15, 0.2) is 0 Å². The molecule has 0 aliphatic heterocycles. The summed E-state index contributed by atoms with van der Waals surface area (Å²) in [4.78, 5) is 2.00. The average Bonchev–Trinajstić information content (AvgIpc) is 2.31. The molecule has 0 spiro atoms. The van der Waals surface area contributed by atoms with E-state index in [0.717, 1.165) is 0 Å². The first-order valence-electron chi connectivity index (χ1n) is 7.82. The molecule has 0 aromatic heterocycles. The number of hydrogen-bond acceptors (Lipinski definition) is 1. The Labute approximate surface area is 125 Å². The third-order valence-corrected chi connectivity index (χ3v) is 3.30. The van der Waals surface area contributed by atoms with Crippen molar-refractivity contribution >= 4 is 15.9 Å². The second kappa shape index (κ2) is 19.8. The van der Waals surface area contributed by atoms with Gasteiger partial charge in [0.2, 0.25) is 0 Å². The van der Waals surface area contributed by atoms with Crippen molar-refractivity contribution in [3.05, 3.63) is 0 Å². The minimum absolute atomic E-state index is 1.18. The Morgan fingerprint density at radius 1 is 0.611 bits per heavy atom. The van der Waals surface area contributed by atoms with Gasteiger partial charge in [-0.1, -0.05) is 87.1 Å². The molecule has 0 fully saturated rings. The van der Waals surface area contributed by atoms with Crippen LogP contribution in [0, 0.1) is 0 Å². The lowest BCUT2D eigenvalue weighted by atomic mass is 10.1. The van der Waals surface area contributed by atoms with Crippen molar-refractivity contribution in [1.29, 1.82) is 0 Å². The highest BCUT2D eigenvalue weighted by Gasteiger charge is 1.91. The van der Waals surface area contributed by atoms with Crippen LogP contribution in [0.5, 0.6) is 0 Å². The minimum atomic E-state index is 1.18. The van der Waals surface area contributed by atoms with Gasteiger partial charge in [0.05, 0.1) is 0 Å². The summed E-state index contributed by atoms with van der Waals surface area (Å²) < 4.78 is 0. The fourth-order valence-electron chi connectivity index (χ4n) is 1.76.